The van der Waals surface area contributed by atoms with E-state index in [0.29, 0.717) is 16.0 Å². The summed E-state index contributed by atoms with van der Waals surface area (Å²) in [5, 5.41) is 11.8. The van der Waals surface area contributed by atoms with Gasteiger partial charge in [0.15, 0.2) is 10.8 Å². The molecule has 0 bridgehead atoms. The van der Waals surface area contributed by atoms with Gasteiger partial charge in [-0.3, -0.25) is 9.20 Å². The summed E-state index contributed by atoms with van der Waals surface area (Å²) in [6, 6.07) is 5.18. The molecule has 0 saturated carbocycles. The molecule has 7 nitrogen and oxygen atoms in total. The van der Waals surface area contributed by atoms with Crippen LogP contribution in [0, 0.1) is 13.8 Å². The minimum Gasteiger partial charge on any atom is -0.310 e. The molecule has 24 heavy (non-hydrogen) atoms. The first-order valence-corrected chi connectivity index (χ1v) is 8.48. The molecule has 3 heterocycles. The number of hydrogen-bond acceptors (Lipinski definition) is 6. The average Bonchev–Trinajstić information content (AvgIpc) is 2.92. The normalized spacial score (nSPS) is 12.3. The molecular weight excluding hydrogens is 348 g/mol. The number of fused-ring (bicyclic) bond motifs is 1. The molecule has 3 aromatic rings. The number of anilines is 1. The Hall–Kier alpha value is -2.19. The van der Waals surface area contributed by atoms with Gasteiger partial charge in [0.05, 0.1) is 10.3 Å². The zero-order valence-electron chi connectivity index (χ0n) is 13.3. The lowest BCUT2D eigenvalue weighted by Crippen LogP contribution is -2.23. The summed E-state index contributed by atoms with van der Waals surface area (Å²) in [5.41, 5.74) is 1.60. The van der Waals surface area contributed by atoms with E-state index in [9.17, 15) is 4.79 Å². The number of thioether (sulfide) groups is 1. The van der Waals surface area contributed by atoms with Crippen LogP contribution >= 0.6 is 23.4 Å². The van der Waals surface area contributed by atoms with Crippen LogP contribution in [0.5, 0.6) is 0 Å². The van der Waals surface area contributed by atoms with Gasteiger partial charge in [-0.15, -0.1) is 10.2 Å². The predicted molar refractivity (Wildman–Crippen MR) is 93.5 cm³/mol. The van der Waals surface area contributed by atoms with Gasteiger partial charge in [-0.05, 0) is 32.9 Å². The Morgan fingerprint density at radius 3 is 2.83 bits per heavy atom. The van der Waals surface area contributed by atoms with E-state index in [4.69, 9.17) is 11.6 Å². The summed E-state index contributed by atoms with van der Waals surface area (Å²) < 4.78 is 1.84. The summed E-state index contributed by atoms with van der Waals surface area (Å²) in [7, 11) is 0. The molecule has 3 rings (SSSR count). The van der Waals surface area contributed by atoms with E-state index in [1.807, 2.05) is 24.3 Å². The monoisotopic (exact) mass is 362 g/mol. The molecule has 1 unspecified atom stereocenters. The van der Waals surface area contributed by atoms with Crippen LogP contribution < -0.4 is 5.32 Å². The zero-order chi connectivity index (χ0) is 17.3. The maximum absolute atomic E-state index is 12.3. The molecule has 1 atom stereocenters. The van der Waals surface area contributed by atoms with E-state index in [0.717, 1.165) is 17.2 Å². The van der Waals surface area contributed by atoms with Gasteiger partial charge in [0.1, 0.15) is 11.6 Å². The second kappa shape index (κ2) is 6.74. The Kier molecular flexibility index (Phi) is 4.68. The molecular formula is C15H15ClN6OS. The van der Waals surface area contributed by atoms with E-state index >= 15 is 0 Å². The first-order chi connectivity index (χ1) is 11.4. The van der Waals surface area contributed by atoms with E-state index in [2.05, 4.69) is 25.5 Å². The summed E-state index contributed by atoms with van der Waals surface area (Å²) in [5.74, 6) is 1.06. The second-order valence-corrected chi connectivity index (χ2v) is 6.98. The highest BCUT2D eigenvalue weighted by molar-refractivity contribution is 8.00. The number of amides is 1. The quantitative estimate of drug-likeness (QED) is 0.718. The third-order valence-electron chi connectivity index (χ3n) is 3.29. The maximum atomic E-state index is 12.3. The Morgan fingerprint density at radius 1 is 1.33 bits per heavy atom. The summed E-state index contributed by atoms with van der Waals surface area (Å²) >= 11 is 7.10. The van der Waals surface area contributed by atoms with Crippen molar-refractivity contribution in [1.29, 1.82) is 0 Å². The fourth-order valence-corrected chi connectivity index (χ4v) is 3.18. The van der Waals surface area contributed by atoms with Crippen molar-refractivity contribution in [3.8, 4) is 0 Å². The predicted octanol–water partition coefficient (Wildman–Crippen LogP) is 2.91. The number of nitrogens with one attached hydrogen (secondary N) is 1. The first-order valence-electron chi connectivity index (χ1n) is 7.22. The van der Waals surface area contributed by atoms with Crippen molar-refractivity contribution in [2.75, 3.05) is 5.32 Å². The smallest absolute Gasteiger partial charge is 0.238 e. The number of carbonyl (C=O) groups excluding carboxylic acids is 1. The highest BCUT2D eigenvalue weighted by atomic mass is 35.5. The van der Waals surface area contributed by atoms with Gasteiger partial charge >= 0.3 is 0 Å². The second-order valence-electron chi connectivity index (χ2n) is 5.23. The molecule has 1 N–H and O–H groups in total. The van der Waals surface area contributed by atoms with Crippen molar-refractivity contribution in [2.24, 2.45) is 0 Å². The number of carbonyl (C=O) groups is 1. The van der Waals surface area contributed by atoms with E-state index in [1.54, 1.807) is 19.1 Å². The Morgan fingerprint density at radius 2 is 2.12 bits per heavy atom. The molecule has 9 heteroatoms. The van der Waals surface area contributed by atoms with Crippen molar-refractivity contribution in [3.05, 3.63) is 40.9 Å². The van der Waals surface area contributed by atoms with Gasteiger partial charge in [-0.2, -0.15) is 0 Å². The van der Waals surface area contributed by atoms with Crippen molar-refractivity contribution in [3.63, 3.8) is 0 Å². The topological polar surface area (TPSA) is 85.1 Å². The largest absolute Gasteiger partial charge is 0.310 e. The lowest BCUT2D eigenvalue weighted by Gasteiger charge is -2.11. The van der Waals surface area contributed by atoms with Crippen LogP contribution in [-0.2, 0) is 4.79 Å². The van der Waals surface area contributed by atoms with E-state index in [-0.39, 0.29) is 11.2 Å². The molecule has 0 aliphatic rings. The molecule has 1 amide bonds. The van der Waals surface area contributed by atoms with Crippen molar-refractivity contribution in [2.45, 2.75) is 31.2 Å². The van der Waals surface area contributed by atoms with Crippen molar-refractivity contribution >= 4 is 40.7 Å². The Balaban J connectivity index is 1.76. The number of rotatable bonds is 4. The molecule has 0 radical (unpaired) electrons. The lowest BCUT2D eigenvalue weighted by atomic mass is 10.4. The van der Waals surface area contributed by atoms with Gasteiger partial charge in [-0.25, -0.2) is 9.97 Å². The van der Waals surface area contributed by atoms with Gasteiger partial charge < -0.3 is 5.32 Å². The number of aromatic nitrogens is 5. The fourth-order valence-electron chi connectivity index (χ4n) is 2.17. The minimum absolute atomic E-state index is 0.177. The number of pyridine rings is 1. The highest BCUT2D eigenvalue weighted by Gasteiger charge is 2.19. The third-order valence-corrected chi connectivity index (χ3v) is 4.55. The van der Waals surface area contributed by atoms with E-state index < -0.39 is 0 Å². The third kappa shape index (κ3) is 3.49. The number of hydrogen-bond donors (Lipinski definition) is 1. The molecule has 0 saturated heterocycles. The molecule has 0 aliphatic carbocycles. The molecule has 0 aliphatic heterocycles. The SMILES string of the molecule is Cc1cc2nnc(SC(C)C(=O)Nc3ccc(Cl)cn3)n2c(C)n1. The molecule has 0 fully saturated rings. The molecule has 0 aromatic carbocycles. The average molecular weight is 363 g/mol. The zero-order valence-corrected chi connectivity index (χ0v) is 14.9. The number of nitrogens with zero attached hydrogens (tertiary/aromatic N) is 5. The van der Waals surface area contributed by atoms with Gasteiger partial charge in [0.2, 0.25) is 5.91 Å². The van der Waals surface area contributed by atoms with Gasteiger partial charge in [0, 0.05) is 18.0 Å². The summed E-state index contributed by atoms with van der Waals surface area (Å²) in [6.45, 7) is 5.59. The van der Waals surface area contributed by atoms with Crippen LogP contribution in [0.1, 0.15) is 18.4 Å². The Bertz CT molecular complexity index is 895. The van der Waals surface area contributed by atoms with Crippen molar-refractivity contribution < 1.29 is 4.79 Å². The fraction of sp³-hybridized carbons (Fsp3) is 0.267. The van der Waals surface area contributed by atoms with Gasteiger partial charge in [-0.1, -0.05) is 23.4 Å². The molecule has 124 valence electrons. The number of halogens is 1. The van der Waals surface area contributed by atoms with Crippen LogP contribution in [0.25, 0.3) is 5.65 Å². The summed E-state index contributed by atoms with van der Waals surface area (Å²) in [4.78, 5) is 20.8. The van der Waals surface area contributed by atoms with Crippen LogP contribution in [0.15, 0.2) is 29.6 Å². The maximum Gasteiger partial charge on any atom is 0.238 e. The van der Waals surface area contributed by atoms with Crippen LogP contribution in [0.3, 0.4) is 0 Å². The van der Waals surface area contributed by atoms with Gasteiger partial charge in [0.25, 0.3) is 0 Å². The Labute approximate surface area is 147 Å². The summed E-state index contributed by atoms with van der Waals surface area (Å²) in [6.07, 6.45) is 1.48. The standard InChI is InChI=1S/C15H15ClN6OS/c1-8-6-13-20-21-15(22(13)10(3)18-8)24-9(2)14(23)19-12-5-4-11(16)7-17-12/h4-7,9H,1-3H3,(H,17,19,23). The van der Waals surface area contributed by atoms with Crippen LogP contribution in [-0.4, -0.2) is 35.7 Å². The van der Waals surface area contributed by atoms with Crippen LogP contribution in [0.2, 0.25) is 5.02 Å². The van der Waals surface area contributed by atoms with E-state index in [1.165, 1.54) is 18.0 Å². The molecule has 0 spiro atoms. The first kappa shape index (κ1) is 16.7. The number of aryl methyl sites for hydroxylation is 2. The van der Waals surface area contributed by atoms with Crippen molar-refractivity contribution in [1.82, 2.24) is 24.6 Å². The highest BCUT2D eigenvalue weighted by Crippen LogP contribution is 2.24. The molecule has 3 aromatic heterocycles. The lowest BCUT2D eigenvalue weighted by molar-refractivity contribution is -0.115. The minimum atomic E-state index is -0.379. The van der Waals surface area contributed by atoms with Crippen LogP contribution in [0.4, 0.5) is 5.82 Å².